The molecule has 38 heavy (non-hydrogen) atoms. The number of fused-ring (bicyclic) bond motifs is 1. The van der Waals surface area contributed by atoms with Crippen LogP contribution >= 0.6 is 11.6 Å². The predicted molar refractivity (Wildman–Crippen MR) is 139 cm³/mol. The minimum Gasteiger partial charge on any atom is -0.396 e. The summed E-state index contributed by atoms with van der Waals surface area (Å²) in [5.74, 6) is -1.10. The first-order valence-corrected chi connectivity index (χ1v) is 13.0. The van der Waals surface area contributed by atoms with E-state index in [0.29, 0.717) is 21.8 Å². The van der Waals surface area contributed by atoms with Crippen LogP contribution in [0.25, 0.3) is 11.1 Å². The maximum absolute atomic E-state index is 16.2. The number of aliphatic hydroxyl groups excluding tert-OH is 2. The number of hydrogen-bond acceptors (Lipinski definition) is 6. The van der Waals surface area contributed by atoms with E-state index in [0.717, 1.165) is 30.4 Å². The lowest BCUT2D eigenvalue weighted by molar-refractivity contribution is -0.209. The highest BCUT2D eigenvalue weighted by Gasteiger charge is 2.54. The maximum atomic E-state index is 16.2. The van der Waals surface area contributed by atoms with Crippen molar-refractivity contribution in [3.63, 3.8) is 0 Å². The Morgan fingerprint density at radius 2 is 1.95 bits per heavy atom. The van der Waals surface area contributed by atoms with Crippen LogP contribution in [-0.2, 0) is 16.9 Å². The van der Waals surface area contributed by atoms with E-state index in [1.54, 1.807) is 30.3 Å². The Kier molecular flexibility index (Phi) is 7.46. The Bertz CT molecular complexity index is 1390. The lowest BCUT2D eigenvalue weighted by Gasteiger charge is -2.35. The Balaban J connectivity index is 1.74. The van der Waals surface area contributed by atoms with Crippen LogP contribution in [0.1, 0.15) is 58.1 Å². The number of amides is 1. The molecular formula is C29H27ClFN3O4. The van der Waals surface area contributed by atoms with Gasteiger partial charge in [-0.15, -0.1) is 5.12 Å². The van der Waals surface area contributed by atoms with Crippen LogP contribution in [0.15, 0.2) is 54.6 Å². The molecule has 2 aliphatic rings. The number of aromatic nitrogens is 1. The third-order valence-corrected chi connectivity index (χ3v) is 7.84. The van der Waals surface area contributed by atoms with E-state index in [1.165, 1.54) is 6.07 Å². The Morgan fingerprint density at radius 3 is 2.58 bits per heavy atom. The first-order valence-electron chi connectivity index (χ1n) is 12.6. The fourth-order valence-electron chi connectivity index (χ4n) is 5.58. The highest BCUT2D eigenvalue weighted by molar-refractivity contribution is 6.30. The molecule has 3 aromatic rings. The van der Waals surface area contributed by atoms with Crippen LogP contribution in [-0.4, -0.2) is 46.0 Å². The van der Waals surface area contributed by atoms with E-state index >= 15 is 4.48 Å². The van der Waals surface area contributed by atoms with Gasteiger partial charge in [-0.3, -0.25) is 4.79 Å². The number of carbonyl (C=O) groups excluding carboxylic acids is 1. The van der Waals surface area contributed by atoms with E-state index in [9.17, 15) is 20.3 Å². The number of carbonyl (C=O) groups is 1. The van der Waals surface area contributed by atoms with Crippen LogP contribution in [0.3, 0.4) is 0 Å². The van der Waals surface area contributed by atoms with Crippen molar-refractivity contribution in [3.8, 4) is 17.2 Å². The molecule has 1 aromatic heterocycles. The number of halogens is 2. The van der Waals surface area contributed by atoms with Gasteiger partial charge in [-0.05, 0) is 59.7 Å². The summed E-state index contributed by atoms with van der Waals surface area (Å²) in [7, 11) is 0. The summed E-state index contributed by atoms with van der Waals surface area (Å²) in [5.41, 5.74) is 1.15. The summed E-state index contributed by atoms with van der Waals surface area (Å²) in [6.45, 7) is -0.815. The molecule has 1 fully saturated rings. The number of ether oxygens (including phenoxy) is 1. The van der Waals surface area contributed by atoms with Crippen LogP contribution in [0.5, 0.6) is 0 Å². The first-order chi connectivity index (χ1) is 18.4. The third-order valence-electron chi connectivity index (χ3n) is 7.59. The van der Waals surface area contributed by atoms with Crippen molar-refractivity contribution in [2.75, 3.05) is 19.8 Å². The molecule has 0 spiro atoms. The molecule has 1 aliphatic heterocycles. The maximum Gasteiger partial charge on any atom is 0.285 e. The van der Waals surface area contributed by atoms with Crippen molar-refractivity contribution >= 4 is 17.5 Å². The monoisotopic (exact) mass is 535 g/mol. The van der Waals surface area contributed by atoms with E-state index in [4.69, 9.17) is 16.3 Å². The fourth-order valence-corrected chi connectivity index (χ4v) is 5.70. The average Bonchev–Trinajstić information content (AvgIpc) is 3.11. The Hall–Kier alpha value is -3.35. The lowest BCUT2D eigenvalue weighted by Crippen LogP contribution is -2.43. The van der Waals surface area contributed by atoms with Gasteiger partial charge in [0.15, 0.2) is 0 Å². The van der Waals surface area contributed by atoms with Crippen molar-refractivity contribution in [1.82, 2.24) is 10.1 Å². The predicted octanol–water partition coefficient (Wildman–Crippen LogP) is 4.89. The quantitative estimate of drug-likeness (QED) is 0.378. The summed E-state index contributed by atoms with van der Waals surface area (Å²) in [6, 6.07) is 17.4. The average molecular weight is 536 g/mol. The van der Waals surface area contributed by atoms with E-state index in [-0.39, 0.29) is 54.5 Å². The smallest absolute Gasteiger partial charge is 0.285 e. The zero-order valence-corrected chi connectivity index (χ0v) is 21.4. The number of pyridine rings is 1. The standard InChI is InChI=1S/C29H27ClFN3O4/c30-20-9-7-19(8-10-20)23-11-12-25-27(26(23)24(17-36)18-3-1-4-18)28(37)34(31)29(25,38-14-13-35)15-21-5-2-6-22(16-32)33-21/h2,5-12,18,24,35-36H,1,3-4,13-15,17H2/t24?,29-/m1/s1. The zero-order chi connectivity index (χ0) is 26.9. The summed E-state index contributed by atoms with van der Waals surface area (Å²) in [6.07, 6.45) is 2.66. The van der Waals surface area contributed by atoms with E-state index in [2.05, 4.69) is 4.98 Å². The highest BCUT2D eigenvalue weighted by Crippen LogP contribution is 2.51. The zero-order valence-electron chi connectivity index (χ0n) is 20.6. The second-order valence-electron chi connectivity index (χ2n) is 9.68. The van der Waals surface area contributed by atoms with Crippen molar-refractivity contribution in [2.45, 2.75) is 37.3 Å². The van der Waals surface area contributed by atoms with Crippen LogP contribution < -0.4 is 0 Å². The summed E-state index contributed by atoms with van der Waals surface area (Å²) >= 11 is 6.12. The summed E-state index contributed by atoms with van der Waals surface area (Å²) in [5, 5.41) is 30.0. The van der Waals surface area contributed by atoms with Gasteiger partial charge in [-0.25, -0.2) is 4.98 Å². The largest absolute Gasteiger partial charge is 0.396 e. The first kappa shape index (κ1) is 26.3. The van der Waals surface area contributed by atoms with Crippen molar-refractivity contribution in [2.24, 2.45) is 5.92 Å². The third kappa shape index (κ3) is 4.46. The summed E-state index contributed by atoms with van der Waals surface area (Å²) < 4.78 is 22.1. The minimum absolute atomic E-state index is 0.0679. The number of nitrogens with zero attached hydrogens (tertiary/aromatic N) is 3. The lowest BCUT2D eigenvalue weighted by atomic mass is 9.70. The minimum atomic E-state index is -1.90. The van der Waals surface area contributed by atoms with Crippen molar-refractivity contribution in [3.05, 3.63) is 87.7 Å². The molecule has 2 N–H and O–H groups in total. The molecule has 196 valence electrons. The van der Waals surface area contributed by atoms with Gasteiger partial charge in [0.1, 0.15) is 11.8 Å². The van der Waals surface area contributed by atoms with Gasteiger partial charge in [0.05, 0.1) is 25.4 Å². The molecule has 2 aromatic carbocycles. The molecule has 9 heteroatoms. The highest BCUT2D eigenvalue weighted by atomic mass is 35.5. The molecule has 1 aliphatic carbocycles. The topological polar surface area (TPSA) is 107 Å². The van der Waals surface area contributed by atoms with Crippen LogP contribution in [0.2, 0.25) is 5.02 Å². The van der Waals surface area contributed by atoms with Crippen LogP contribution in [0, 0.1) is 17.2 Å². The molecule has 2 atom stereocenters. The molecule has 2 heterocycles. The number of rotatable bonds is 9. The summed E-state index contributed by atoms with van der Waals surface area (Å²) in [4.78, 5) is 18.0. The van der Waals surface area contributed by atoms with Gasteiger partial charge in [-0.1, -0.05) is 52.8 Å². The van der Waals surface area contributed by atoms with Gasteiger partial charge in [-0.2, -0.15) is 5.26 Å². The number of aliphatic hydroxyl groups is 2. The normalized spacial score (nSPS) is 19.7. The molecule has 7 nitrogen and oxygen atoms in total. The molecule has 5 rings (SSSR count). The van der Waals surface area contributed by atoms with Crippen molar-refractivity contribution < 1.29 is 24.2 Å². The van der Waals surface area contributed by atoms with E-state index in [1.807, 2.05) is 24.3 Å². The SMILES string of the molecule is N#Cc1cccc(C[C@@]2(OCCO)c3ccc(-c4ccc(Cl)cc4)c(C(CO)C4CCC4)c3C(=O)N2F)n1. The number of nitriles is 1. The molecule has 0 bridgehead atoms. The van der Waals surface area contributed by atoms with Gasteiger partial charge in [0.2, 0.25) is 5.72 Å². The molecule has 0 saturated heterocycles. The Labute approximate surface area is 225 Å². The second-order valence-corrected chi connectivity index (χ2v) is 10.1. The van der Waals surface area contributed by atoms with Crippen LogP contribution in [0.4, 0.5) is 4.48 Å². The Morgan fingerprint density at radius 1 is 1.18 bits per heavy atom. The van der Waals surface area contributed by atoms with E-state index < -0.39 is 11.6 Å². The van der Waals surface area contributed by atoms with Gasteiger partial charge < -0.3 is 14.9 Å². The molecular weight excluding hydrogens is 509 g/mol. The van der Waals surface area contributed by atoms with Gasteiger partial charge in [0.25, 0.3) is 5.91 Å². The molecule has 0 radical (unpaired) electrons. The second kappa shape index (κ2) is 10.8. The van der Waals surface area contributed by atoms with Gasteiger partial charge >= 0.3 is 0 Å². The number of hydrogen-bond donors (Lipinski definition) is 2. The number of benzene rings is 2. The molecule has 1 amide bonds. The fraction of sp³-hybridized carbons (Fsp3) is 0.345. The molecule has 1 unspecified atom stereocenters. The van der Waals surface area contributed by atoms with Gasteiger partial charge in [0, 0.05) is 28.6 Å². The molecule has 1 saturated carbocycles. The van der Waals surface area contributed by atoms with Crippen molar-refractivity contribution in [1.29, 1.82) is 5.26 Å².